The fraction of sp³-hybridized carbons (Fsp3) is 0.133. The largest absolute Gasteiger partial charge is 0.260 e. The van der Waals surface area contributed by atoms with Crippen LogP contribution in [0.25, 0.3) is 0 Å². The molecule has 1 aromatic carbocycles. The van der Waals surface area contributed by atoms with Gasteiger partial charge in [0.2, 0.25) is 0 Å². The van der Waals surface area contributed by atoms with Crippen LogP contribution in [0.15, 0.2) is 47.1 Å². The number of aromatic nitrogens is 1. The molecule has 0 unspecified atom stereocenters. The van der Waals surface area contributed by atoms with Crippen LogP contribution in [0.5, 0.6) is 0 Å². The predicted octanol–water partition coefficient (Wildman–Crippen LogP) is 3.51. The number of halogens is 2. The van der Waals surface area contributed by atoms with Gasteiger partial charge in [0.1, 0.15) is 5.82 Å². The van der Waals surface area contributed by atoms with Crippen molar-refractivity contribution in [2.24, 2.45) is 0 Å². The second kappa shape index (κ2) is 5.81. The van der Waals surface area contributed by atoms with Crippen LogP contribution in [-0.4, -0.2) is 4.98 Å². The van der Waals surface area contributed by atoms with E-state index in [1.165, 1.54) is 24.3 Å². The maximum Gasteiger partial charge on any atom is 0.174 e. The van der Waals surface area contributed by atoms with Gasteiger partial charge in [0, 0.05) is 22.8 Å². The van der Waals surface area contributed by atoms with Gasteiger partial charge in [-0.15, -0.1) is 0 Å². The molecule has 0 radical (unpaired) electrons. The highest BCUT2D eigenvalue weighted by molar-refractivity contribution is 9.10. The average Bonchev–Trinajstić information content (AvgIpc) is 2.48. The fourth-order valence-corrected chi connectivity index (χ4v) is 2.09. The normalized spacial score (nSPS) is 10.6. The quantitative estimate of drug-likeness (QED) is 0.865. The molecule has 1 heterocycles. The second-order valence-electron chi connectivity index (χ2n) is 4.28. The number of nitrogens with zero attached hydrogens (tertiary/aromatic N) is 3. The number of benzene rings is 1. The molecule has 3 nitrogen and oxygen atoms in total. The van der Waals surface area contributed by atoms with Crippen LogP contribution >= 0.6 is 15.9 Å². The van der Waals surface area contributed by atoms with Crippen molar-refractivity contribution in [1.29, 1.82) is 10.5 Å². The summed E-state index contributed by atoms with van der Waals surface area (Å²) in [4.78, 5) is 4.18. The Balaban J connectivity index is 2.40. The zero-order valence-electron chi connectivity index (χ0n) is 10.3. The lowest BCUT2D eigenvalue weighted by molar-refractivity contribution is 0.622. The fourth-order valence-electron chi connectivity index (χ4n) is 1.85. The van der Waals surface area contributed by atoms with Crippen LogP contribution < -0.4 is 0 Å². The minimum atomic E-state index is -1.37. The highest BCUT2D eigenvalue weighted by Gasteiger charge is 2.33. The van der Waals surface area contributed by atoms with Crippen LogP contribution in [0.3, 0.4) is 0 Å². The van der Waals surface area contributed by atoms with Gasteiger partial charge in [0.25, 0.3) is 0 Å². The lowest BCUT2D eigenvalue weighted by atomic mass is 9.79. The molecule has 0 spiro atoms. The minimum Gasteiger partial charge on any atom is -0.260 e. The Labute approximate surface area is 124 Å². The molecule has 2 rings (SSSR count). The standard InChI is InChI=1S/C15H9BrFN3/c16-12-3-6-14(20-8-12)7-15(9-18,10-19)11-1-4-13(17)5-2-11/h1-6,8H,7H2. The molecule has 0 atom stereocenters. The van der Waals surface area contributed by atoms with Gasteiger partial charge >= 0.3 is 0 Å². The van der Waals surface area contributed by atoms with Gasteiger partial charge in [0.05, 0.1) is 12.1 Å². The van der Waals surface area contributed by atoms with Crippen molar-refractivity contribution in [3.63, 3.8) is 0 Å². The first-order valence-corrected chi connectivity index (χ1v) is 6.58. The molecule has 0 bridgehead atoms. The molecule has 5 heteroatoms. The molecule has 0 fully saturated rings. The molecule has 98 valence electrons. The molecule has 1 aromatic heterocycles. The van der Waals surface area contributed by atoms with Crippen LogP contribution in [0.2, 0.25) is 0 Å². The molecule has 0 aliphatic carbocycles. The van der Waals surface area contributed by atoms with Gasteiger partial charge < -0.3 is 0 Å². The van der Waals surface area contributed by atoms with Gasteiger partial charge in [-0.2, -0.15) is 10.5 Å². The Morgan fingerprint density at radius 2 is 1.75 bits per heavy atom. The lowest BCUT2D eigenvalue weighted by Crippen LogP contribution is -2.25. The molecular weight excluding hydrogens is 321 g/mol. The summed E-state index contributed by atoms with van der Waals surface area (Å²) in [5.74, 6) is -0.403. The predicted molar refractivity (Wildman–Crippen MR) is 74.9 cm³/mol. The first-order chi connectivity index (χ1) is 9.59. The van der Waals surface area contributed by atoms with Gasteiger partial charge in [-0.25, -0.2) is 4.39 Å². The zero-order valence-corrected chi connectivity index (χ0v) is 11.9. The van der Waals surface area contributed by atoms with Crippen LogP contribution in [0.1, 0.15) is 11.3 Å². The molecule has 2 aromatic rings. The summed E-state index contributed by atoms with van der Waals surface area (Å²) in [5.41, 5.74) is -0.275. The van der Waals surface area contributed by atoms with Crippen molar-refractivity contribution in [2.75, 3.05) is 0 Å². The molecule has 20 heavy (non-hydrogen) atoms. The lowest BCUT2D eigenvalue weighted by Gasteiger charge is -2.18. The SMILES string of the molecule is N#CC(C#N)(Cc1ccc(Br)cn1)c1ccc(F)cc1. The monoisotopic (exact) mass is 329 g/mol. The third-order valence-electron chi connectivity index (χ3n) is 2.95. The topological polar surface area (TPSA) is 60.5 Å². The van der Waals surface area contributed by atoms with Gasteiger partial charge in [-0.1, -0.05) is 12.1 Å². The Hall–Kier alpha value is -2.24. The summed E-state index contributed by atoms with van der Waals surface area (Å²) in [7, 11) is 0. The van der Waals surface area contributed by atoms with E-state index in [1.807, 2.05) is 12.1 Å². The Morgan fingerprint density at radius 3 is 2.25 bits per heavy atom. The number of nitriles is 2. The van der Waals surface area contributed by atoms with Crippen molar-refractivity contribution < 1.29 is 4.39 Å². The Bertz CT molecular complexity index is 667. The van der Waals surface area contributed by atoms with Gasteiger partial charge in [-0.3, -0.25) is 4.98 Å². The molecule has 0 saturated carbocycles. The number of rotatable bonds is 3. The van der Waals surface area contributed by atoms with Crippen LogP contribution in [0.4, 0.5) is 4.39 Å². The van der Waals surface area contributed by atoms with Crippen LogP contribution in [-0.2, 0) is 11.8 Å². The average molecular weight is 330 g/mol. The maximum absolute atomic E-state index is 13.0. The highest BCUT2D eigenvalue weighted by atomic mass is 79.9. The van der Waals surface area contributed by atoms with Crippen molar-refractivity contribution in [3.05, 3.63) is 64.1 Å². The highest BCUT2D eigenvalue weighted by Crippen LogP contribution is 2.27. The molecular formula is C15H9BrFN3. The van der Waals surface area contributed by atoms with E-state index < -0.39 is 11.2 Å². The van der Waals surface area contributed by atoms with E-state index in [9.17, 15) is 14.9 Å². The first kappa shape index (κ1) is 14.2. The molecule has 0 saturated heterocycles. The van der Waals surface area contributed by atoms with E-state index in [0.717, 1.165) is 4.47 Å². The summed E-state index contributed by atoms with van der Waals surface area (Å²) in [6.07, 6.45) is 1.76. The van der Waals surface area contributed by atoms with E-state index in [0.29, 0.717) is 11.3 Å². The second-order valence-corrected chi connectivity index (χ2v) is 5.20. The minimum absolute atomic E-state index is 0.152. The van der Waals surface area contributed by atoms with Gasteiger partial charge in [0.15, 0.2) is 5.41 Å². The Kier molecular flexibility index (Phi) is 4.12. The van der Waals surface area contributed by atoms with Crippen molar-refractivity contribution in [3.8, 4) is 12.1 Å². The summed E-state index contributed by atoms with van der Waals surface area (Å²) in [6, 6.07) is 13.0. The summed E-state index contributed by atoms with van der Waals surface area (Å²) in [5, 5.41) is 18.8. The molecule has 0 aliphatic rings. The third-order valence-corrected chi connectivity index (χ3v) is 3.42. The van der Waals surface area contributed by atoms with E-state index in [4.69, 9.17) is 0 Å². The van der Waals surface area contributed by atoms with E-state index >= 15 is 0 Å². The van der Waals surface area contributed by atoms with Crippen molar-refractivity contribution in [2.45, 2.75) is 11.8 Å². The zero-order chi connectivity index (χ0) is 14.6. The maximum atomic E-state index is 13.0. The number of hydrogen-bond acceptors (Lipinski definition) is 3. The number of pyridine rings is 1. The summed E-state index contributed by atoms with van der Waals surface area (Å²) < 4.78 is 13.8. The van der Waals surface area contributed by atoms with Gasteiger partial charge in [-0.05, 0) is 45.8 Å². The molecule has 0 N–H and O–H groups in total. The Morgan fingerprint density at radius 1 is 1.10 bits per heavy atom. The summed E-state index contributed by atoms with van der Waals surface area (Å²) in [6.45, 7) is 0. The van der Waals surface area contributed by atoms with E-state index in [-0.39, 0.29) is 6.42 Å². The van der Waals surface area contributed by atoms with Crippen molar-refractivity contribution >= 4 is 15.9 Å². The van der Waals surface area contributed by atoms with E-state index in [2.05, 4.69) is 20.9 Å². The molecule has 0 aliphatic heterocycles. The van der Waals surface area contributed by atoms with E-state index in [1.54, 1.807) is 18.3 Å². The number of hydrogen-bond donors (Lipinski definition) is 0. The van der Waals surface area contributed by atoms with Crippen LogP contribution in [0, 0.1) is 28.5 Å². The van der Waals surface area contributed by atoms with Crippen molar-refractivity contribution in [1.82, 2.24) is 4.98 Å². The smallest absolute Gasteiger partial charge is 0.174 e. The molecule has 0 amide bonds. The third kappa shape index (κ3) is 2.84. The summed E-state index contributed by atoms with van der Waals surface area (Å²) >= 11 is 3.28. The first-order valence-electron chi connectivity index (χ1n) is 5.78.